The third kappa shape index (κ3) is 3.04. The van der Waals surface area contributed by atoms with Crippen molar-refractivity contribution in [2.45, 2.75) is 31.8 Å². The average molecular weight is 405 g/mol. The second-order valence-corrected chi connectivity index (χ2v) is 8.02. The van der Waals surface area contributed by atoms with Gasteiger partial charge in [0.2, 0.25) is 0 Å². The monoisotopic (exact) mass is 405 g/mol. The van der Waals surface area contributed by atoms with Crippen molar-refractivity contribution in [3.8, 4) is 0 Å². The highest BCUT2D eigenvalue weighted by atomic mass is 127. The van der Waals surface area contributed by atoms with E-state index in [1.165, 1.54) is 25.5 Å². The molecule has 0 saturated heterocycles. The topological polar surface area (TPSA) is 12.0 Å². The van der Waals surface area contributed by atoms with E-state index in [2.05, 4.69) is 34.0 Å². The first-order chi connectivity index (χ1) is 9.63. The lowest BCUT2D eigenvalue weighted by Crippen LogP contribution is -2.24. The van der Waals surface area contributed by atoms with Crippen molar-refractivity contribution in [1.82, 2.24) is 5.32 Å². The zero-order chi connectivity index (χ0) is 14.1. The molecule has 0 bridgehead atoms. The minimum atomic E-state index is -0.529. The molecule has 3 rings (SSSR count). The Morgan fingerprint density at radius 1 is 1.30 bits per heavy atom. The summed E-state index contributed by atoms with van der Waals surface area (Å²) in [4.78, 5) is 1.44. The third-order valence-electron chi connectivity index (χ3n) is 3.64. The van der Waals surface area contributed by atoms with Crippen LogP contribution in [-0.4, -0.2) is 0 Å². The van der Waals surface area contributed by atoms with Crippen molar-refractivity contribution < 1.29 is 8.78 Å². The number of hydrogen-bond donors (Lipinski definition) is 1. The van der Waals surface area contributed by atoms with E-state index in [0.717, 1.165) is 25.3 Å². The van der Waals surface area contributed by atoms with Gasteiger partial charge in [-0.25, -0.2) is 8.78 Å². The van der Waals surface area contributed by atoms with Crippen LogP contribution in [-0.2, 0) is 13.0 Å². The van der Waals surface area contributed by atoms with Gasteiger partial charge in [0.1, 0.15) is 11.6 Å². The molecule has 1 heterocycles. The summed E-state index contributed by atoms with van der Waals surface area (Å²) >= 11 is 4.19. The molecule has 1 aromatic heterocycles. The molecule has 1 nitrogen and oxygen atoms in total. The number of hydrogen-bond acceptors (Lipinski definition) is 2. The van der Waals surface area contributed by atoms with Crippen molar-refractivity contribution in [1.29, 1.82) is 0 Å². The van der Waals surface area contributed by atoms with Crippen LogP contribution in [0.15, 0.2) is 24.3 Å². The van der Waals surface area contributed by atoms with Crippen LogP contribution in [0.4, 0.5) is 8.78 Å². The maximum Gasteiger partial charge on any atom is 0.130 e. The van der Waals surface area contributed by atoms with E-state index < -0.39 is 11.6 Å². The molecule has 1 atom stereocenters. The predicted octanol–water partition coefficient (Wildman–Crippen LogP) is 4.80. The fraction of sp³-hybridized carbons (Fsp3) is 0.333. The summed E-state index contributed by atoms with van der Waals surface area (Å²) in [6, 6.07) is 6.26. The summed E-state index contributed by atoms with van der Waals surface area (Å²) in [5, 5.41) is 3.41. The van der Waals surface area contributed by atoms with Gasteiger partial charge in [-0.15, -0.1) is 11.3 Å². The Morgan fingerprint density at radius 3 is 2.95 bits per heavy atom. The molecule has 1 unspecified atom stereocenters. The van der Waals surface area contributed by atoms with E-state index in [9.17, 15) is 8.78 Å². The van der Waals surface area contributed by atoms with Crippen molar-refractivity contribution in [2.75, 3.05) is 0 Å². The molecule has 0 radical (unpaired) electrons. The molecular weight excluding hydrogens is 391 g/mol. The van der Waals surface area contributed by atoms with E-state index in [1.54, 1.807) is 0 Å². The number of aryl methyl sites for hydroxylation is 1. The number of nitrogens with one attached hydrogen (secondary N) is 1. The van der Waals surface area contributed by atoms with Crippen LogP contribution in [0.1, 0.15) is 34.9 Å². The summed E-state index contributed by atoms with van der Waals surface area (Å²) in [7, 11) is 0. The van der Waals surface area contributed by atoms with E-state index in [1.807, 2.05) is 11.3 Å². The van der Waals surface area contributed by atoms with E-state index >= 15 is 0 Å². The summed E-state index contributed by atoms with van der Waals surface area (Å²) in [5.41, 5.74) is 1.87. The Balaban J connectivity index is 1.73. The standard InChI is InChI=1S/C15H14F2INS/c16-10-5-4-9(12(17)6-10)8-19-13-2-1-3-14-11(13)7-15(18)20-14/h4-7,13,19H,1-3,8H2. The number of rotatable bonds is 3. The van der Waals surface area contributed by atoms with Crippen LogP contribution in [0.5, 0.6) is 0 Å². The highest BCUT2D eigenvalue weighted by Crippen LogP contribution is 2.36. The SMILES string of the molecule is Fc1ccc(CNC2CCCc3sc(I)cc32)c(F)c1. The lowest BCUT2D eigenvalue weighted by Gasteiger charge is -2.23. The van der Waals surface area contributed by atoms with Gasteiger partial charge in [-0.2, -0.15) is 0 Å². The smallest absolute Gasteiger partial charge is 0.130 e. The number of benzene rings is 1. The van der Waals surface area contributed by atoms with Crippen molar-refractivity contribution in [3.05, 3.63) is 54.8 Å². The van der Waals surface area contributed by atoms with E-state index in [0.29, 0.717) is 12.1 Å². The molecule has 0 spiro atoms. The highest BCUT2D eigenvalue weighted by molar-refractivity contribution is 14.1. The van der Waals surface area contributed by atoms with Crippen LogP contribution in [0.25, 0.3) is 0 Å². The van der Waals surface area contributed by atoms with Gasteiger partial charge >= 0.3 is 0 Å². The Morgan fingerprint density at radius 2 is 2.15 bits per heavy atom. The molecule has 0 fully saturated rings. The second kappa shape index (κ2) is 6.07. The molecule has 0 amide bonds. The first kappa shape index (κ1) is 14.4. The Bertz CT molecular complexity index is 626. The molecule has 1 aliphatic carbocycles. The van der Waals surface area contributed by atoms with Crippen LogP contribution in [0.2, 0.25) is 0 Å². The van der Waals surface area contributed by atoms with Gasteiger partial charge < -0.3 is 5.32 Å². The van der Waals surface area contributed by atoms with Crippen molar-refractivity contribution in [2.24, 2.45) is 0 Å². The lowest BCUT2D eigenvalue weighted by atomic mass is 9.94. The molecule has 5 heteroatoms. The van der Waals surface area contributed by atoms with Crippen LogP contribution in [0.3, 0.4) is 0 Å². The fourth-order valence-electron chi connectivity index (χ4n) is 2.63. The van der Waals surface area contributed by atoms with Gasteiger partial charge in [0.25, 0.3) is 0 Å². The predicted molar refractivity (Wildman–Crippen MR) is 85.9 cm³/mol. The molecule has 106 valence electrons. The van der Waals surface area contributed by atoms with Crippen molar-refractivity contribution in [3.63, 3.8) is 0 Å². The van der Waals surface area contributed by atoms with Crippen molar-refractivity contribution >= 4 is 33.9 Å². The third-order valence-corrected chi connectivity index (χ3v) is 5.61. The fourth-order valence-corrected chi connectivity index (χ4v) is 4.75. The zero-order valence-corrected chi connectivity index (χ0v) is 13.7. The molecule has 2 aromatic rings. The molecule has 1 aliphatic rings. The maximum absolute atomic E-state index is 13.6. The van der Waals surface area contributed by atoms with Gasteiger partial charge in [-0.05, 0) is 59.5 Å². The number of fused-ring (bicyclic) bond motifs is 1. The average Bonchev–Trinajstić information content (AvgIpc) is 2.78. The van der Waals surface area contributed by atoms with Gasteiger partial charge in [0.05, 0.1) is 2.88 Å². The molecule has 20 heavy (non-hydrogen) atoms. The summed E-state index contributed by atoms with van der Waals surface area (Å²) in [5.74, 6) is -1.01. The van der Waals surface area contributed by atoms with Crippen LogP contribution < -0.4 is 5.32 Å². The van der Waals surface area contributed by atoms with Gasteiger partial charge in [-0.3, -0.25) is 0 Å². The Hall–Kier alpha value is -0.530. The quantitative estimate of drug-likeness (QED) is 0.724. The molecule has 0 aliphatic heterocycles. The zero-order valence-electron chi connectivity index (χ0n) is 10.8. The summed E-state index contributed by atoms with van der Waals surface area (Å²) in [6.45, 7) is 0.433. The normalized spacial score (nSPS) is 18.1. The number of halogens is 3. The van der Waals surface area contributed by atoms with Gasteiger partial charge in [-0.1, -0.05) is 6.07 Å². The summed E-state index contributed by atoms with van der Waals surface area (Å²) < 4.78 is 27.8. The largest absolute Gasteiger partial charge is 0.306 e. The first-order valence-corrected chi connectivity index (χ1v) is 8.48. The number of thiophene rings is 1. The molecule has 1 aromatic carbocycles. The lowest BCUT2D eigenvalue weighted by molar-refractivity contribution is 0.455. The van der Waals surface area contributed by atoms with E-state index in [-0.39, 0.29) is 6.04 Å². The minimum absolute atomic E-state index is 0.281. The van der Waals surface area contributed by atoms with Gasteiger partial charge in [0.15, 0.2) is 0 Å². The Kier molecular flexibility index (Phi) is 4.37. The highest BCUT2D eigenvalue weighted by Gasteiger charge is 2.22. The summed E-state index contributed by atoms with van der Waals surface area (Å²) in [6.07, 6.45) is 3.38. The maximum atomic E-state index is 13.6. The second-order valence-electron chi connectivity index (χ2n) is 4.99. The Labute approximate surface area is 134 Å². The molecule has 0 saturated carbocycles. The van der Waals surface area contributed by atoms with Crippen LogP contribution in [0, 0.1) is 14.5 Å². The minimum Gasteiger partial charge on any atom is -0.306 e. The van der Waals surface area contributed by atoms with E-state index in [4.69, 9.17) is 0 Å². The van der Waals surface area contributed by atoms with Gasteiger partial charge in [0, 0.05) is 29.1 Å². The first-order valence-electron chi connectivity index (χ1n) is 6.59. The van der Waals surface area contributed by atoms with Crippen LogP contribution >= 0.6 is 33.9 Å². The molecule has 1 N–H and O–H groups in total. The molecular formula is C15H14F2INS.